The van der Waals surface area contributed by atoms with Gasteiger partial charge in [-0.2, -0.15) is 0 Å². The van der Waals surface area contributed by atoms with Crippen LogP contribution in [0.3, 0.4) is 0 Å². The van der Waals surface area contributed by atoms with Gasteiger partial charge in [-0.15, -0.1) is 11.3 Å². The van der Waals surface area contributed by atoms with Crippen molar-refractivity contribution in [3.05, 3.63) is 20.8 Å². The number of nitrogens with two attached hydrogens (primary N) is 1. The molecule has 0 aliphatic heterocycles. The van der Waals surface area contributed by atoms with Crippen molar-refractivity contribution in [1.29, 1.82) is 0 Å². The Balaban J connectivity index is 2.44. The summed E-state index contributed by atoms with van der Waals surface area (Å²) in [7, 11) is 2.17. The minimum atomic E-state index is 0.304. The van der Waals surface area contributed by atoms with Gasteiger partial charge in [-0.25, -0.2) is 0 Å². The summed E-state index contributed by atoms with van der Waals surface area (Å²) < 4.78 is 1.18. The van der Waals surface area contributed by atoms with E-state index in [0.29, 0.717) is 5.41 Å². The van der Waals surface area contributed by atoms with Gasteiger partial charge in [-0.1, -0.05) is 13.8 Å². The molecule has 92 valence electrons. The van der Waals surface area contributed by atoms with Crippen LogP contribution in [0.2, 0.25) is 0 Å². The largest absolute Gasteiger partial charge is 0.330 e. The minimum Gasteiger partial charge on any atom is -0.330 e. The van der Waals surface area contributed by atoms with Crippen LogP contribution in [-0.2, 0) is 6.54 Å². The highest BCUT2D eigenvalue weighted by Crippen LogP contribution is 2.24. The molecule has 1 aromatic heterocycles. The van der Waals surface area contributed by atoms with Crippen molar-refractivity contribution in [2.24, 2.45) is 11.1 Å². The Morgan fingerprint density at radius 2 is 2.19 bits per heavy atom. The van der Waals surface area contributed by atoms with Crippen molar-refractivity contribution in [3.8, 4) is 0 Å². The summed E-state index contributed by atoms with van der Waals surface area (Å²) in [5.41, 5.74) is 5.93. The van der Waals surface area contributed by atoms with E-state index < -0.39 is 0 Å². The van der Waals surface area contributed by atoms with E-state index in [-0.39, 0.29) is 0 Å². The second-order valence-corrected chi connectivity index (χ2v) is 7.02. The zero-order valence-corrected chi connectivity index (χ0v) is 12.7. The van der Waals surface area contributed by atoms with Crippen LogP contribution in [0.5, 0.6) is 0 Å². The van der Waals surface area contributed by atoms with Crippen LogP contribution in [0, 0.1) is 5.41 Å². The fraction of sp³-hybridized carbons (Fsp3) is 0.667. The van der Waals surface area contributed by atoms with Crippen LogP contribution >= 0.6 is 27.3 Å². The first kappa shape index (κ1) is 14.2. The second kappa shape index (κ2) is 6.15. The van der Waals surface area contributed by atoms with Crippen molar-refractivity contribution in [2.75, 3.05) is 20.1 Å². The lowest BCUT2D eigenvalue weighted by molar-refractivity contribution is 0.196. The Labute approximate surface area is 111 Å². The smallest absolute Gasteiger partial charge is 0.0325 e. The molecule has 0 aromatic carbocycles. The van der Waals surface area contributed by atoms with Crippen molar-refractivity contribution in [1.82, 2.24) is 4.90 Å². The zero-order valence-electron chi connectivity index (χ0n) is 10.3. The molecule has 0 spiro atoms. The number of hydrogen-bond acceptors (Lipinski definition) is 3. The molecule has 2 N–H and O–H groups in total. The third kappa shape index (κ3) is 4.95. The monoisotopic (exact) mass is 304 g/mol. The Hall–Kier alpha value is 0.1000. The summed E-state index contributed by atoms with van der Waals surface area (Å²) in [5.74, 6) is 0. The topological polar surface area (TPSA) is 29.3 Å². The third-order valence-electron chi connectivity index (χ3n) is 2.57. The molecule has 4 heteroatoms. The van der Waals surface area contributed by atoms with Gasteiger partial charge in [0, 0.05) is 27.8 Å². The molecule has 0 bridgehead atoms. The summed E-state index contributed by atoms with van der Waals surface area (Å²) in [5, 5.41) is 2.13. The third-order valence-corrected chi connectivity index (χ3v) is 4.25. The predicted molar refractivity (Wildman–Crippen MR) is 75.8 cm³/mol. The lowest BCUT2D eigenvalue weighted by atomic mass is 9.89. The van der Waals surface area contributed by atoms with E-state index in [2.05, 4.69) is 53.2 Å². The Bertz CT molecular complexity index is 323. The highest BCUT2D eigenvalue weighted by Gasteiger charge is 2.19. The van der Waals surface area contributed by atoms with Gasteiger partial charge >= 0.3 is 0 Å². The Kier molecular flexibility index (Phi) is 5.44. The first-order valence-corrected chi connectivity index (χ1v) is 7.22. The zero-order chi connectivity index (χ0) is 12.2. The molecule has 0 unspecified atom stereocenters. The quantitative estimate of drug-likeness (QED) is 0.873. The second-order valence-electron chi connectivity index (χ2n) is 5.11. The number of nitrogens with zero attached hydrogens (tertiary/aromatic N) is 1. The Morgan fingerprint density at radius 3 is 2.69 bits per heavy atom. The molecule has 1 aromatic rings. The summed E-state index contributed by atoms with van der Waals surface area (Å²) in [6, 6.07) is 2.19. The number of thiophene rings is 1. The average molecular weight is 305 g/mol. The van der Waals surface area contributed by atoms with Crippen LogP contribution in [0.1, 0.15) is 25.1 Å². The first-order valence-electron chi connectivity index (χ1n) is 5.54. The molecular weight excluding hydrogens is 284 g/mol. The molecule has 0 saturated heterocycles. The van der Waals surface area contributed by atoms with Gasteiger partial charge in [-0.05, 0) is 47.4 Å². The fourth-order valence-electron chi connectivity index (χ4n) is 1.96. The number of rotatable bonds is 6. The standard InChI is InChI=1S/C12H21BrN2S/c1-12(2,4-5-14)9-15(3)7-11-6-10(13)8-16-11/h6,8H,4-5,7,9,14H2,1-3H3. The molecular formula is C12H21BrN2S. The van der Waals surface area contributed by atoms with Crippen molar-refractivity contribution >= 4 is 27.3 Å². The van der Waals surface area contributed by atoms with E-state index >= 15 is 0 Å². The Morgan fingerprint density at radius 1 is 1.50 bits per heavy atom. The van der Waals surface area contributed by atoms with E-state index in [1.807, 2.05) is 0 Å². The van der Waals surface area contributed by atoms with Gasteiger partial charge in [0.15, 0.2) is 0 Å². The van der Waals surface area contributed by atoms with Gasteiger partial charge in [0.1, 0.15) is 0 Å². The summed E-state index contributed by atoms with van der Waals surface area (Å²) >= 11 is 5.29. The molecule has 2 nitrogen and oxygen atoms in total. The van der Waals surface area contributed by atoms with Gasteiger partial charge in [0.25, 0.3) is 0 Å². The summed E-state index contributed by atoms with van der Waals surface area (Å²) in [6.07, 6.45) is 1.07. The molecule has 16 heavy (non-hydrogen) atoms. The lowest BCUT2D eigenvalue weighted by Gasteiger charge is -2.29. The lowest BCUT2D eigenvalue weighted by Crippen LogP contribution is -2.32. The van der Waals surface area contributed by atoms with Crippen LogP contribution in [0.25, 0.3) is 0 Å². The van der Waals surface area contributed by atoms with E-state index in [0.717, 1.165) is 26.1 Å². The maximum Gasteiger partial charge on any atom is 0.0325 e. The van der Waals surface area contributed by atoms with Crippen LogP contribution in [0.15, 0.2) is 15.9 Å². The predicted octanol–water partition coefficient (Wildman–Crippen LogP) is 3.32. The number of hydrogen-bond donors (Lipinski definition) is 1. The van der Waals surface area contributed by atoms with E-state index in [1.165, 1.54) is 9.35 Å². The summed E-state index contributed by atoms with van der Waals surface area (Å²) in [4.78, 5) is 3.77. The normalized spacial score (nSPS) is 12.4. The summed E-state index contributed by atoms with van der Waals surface area (Å²) in [6.45, 7) is 7.43. The van der Waals surface area contributed by atoms with Crippen molar-refractivity contribution < 1.29 is 0 Å². The average Bonchev–Trinajstić information content (AvgIpc) is 2.49. The molecule has 0 fully saturated rings. The van der Waals surface area contributed by atoms with Crippen LogP contribution in [-0.4, -0.2) is 25.0 Å². The SMILES string of the molecule is CN(Cc1cc(Br)cs1)CC(C)(C)CCN. The molecule has 0 radical (unpaired) electrons. The molecule has 0 amide bonds. The molecule has 0 aliphatic rings. The van der Waals surface area contributed by atoms with Gasteiger partial charge in [0.2, 0.25) is 0 Å². The molecule has 1 rings (SSSR count). The van der Waals surface area contributed by atoms with Crippen LogP contribution < -0.4 is 5.73 Å². The highest BCUT2D eigenvalue weighted by molar-refractivity contribution is 9.10. The van der Waals surface area contributed by atoms with Crippen molar-refractivity contribution in [2.45, 2.75) is 26.8 Å². The van der Waals surface area contributed by atoms with Gasteiger partial charge in [0.05, 0.1) is 0 Å². The van der Waals surface area contributed by atoms with Crippen LogP contribution in [0.4, 0.5) is 0 Å². The maximum atomic E-state index is 5.62. The van der Waals surface area contributed by atoms with E-state index in [4.69, 9.17) is 5.73 Å². The molecule has 0 aliphatic carbocycles. The highest BCUT2D eigenvalue weighted by atomic mass is 79.9. The molecule has 0 saturated carbocycles. The van der Waals surface area contributed by atoms with E-state index in [1.54, 1.807) is 11.3 Å². The fourth-order valence-corrected chi connectivity index (χ4v) is 3.49. The molecule has 0 atom stereocenters. The first-order chi connectivity index (χ1) is 7.43. The van der Waals surface area contributed by atoms with Gasteiger partial charge < -0.3 is 10.6 Å². The minimum absolute atomic E-state index is 0.304. The van der Waals surface area contributed by atoms with E-state index in [9.17, 15) is 0 Å². The van der Waals surface area contributed by atoms with Crippen molar-refractivity contribution in [3.63, 3.8) is 0 Å². The van der Waals surface area contributed by atoms with Gasteiger partial charge in [-0.3, -0.25) is 0 Å². The number of halogens is 1. The maximum absolute atomic E-state index is 5.62. The molecule has 1 heterocycles.